The highest BCUT2D eigenvalue weighted by atomic mass is 32.2. The van der Waals surface area contributed by atoms with E-state index >= 15 is 0 Å². The molecule has 0 bridgehead atoms. The number of hydrogen-bond donors (Lipinski definition) is 2. The number of nitrogens with one attached hydrogen (secondary N) is 2. The summed E-state index contributed by atoms with van der Waals surface area (Å²) in [6.07, 6.45) is 1.66. The van der Waals surface area contributed by atoms with Crippen molar-refractivity contribution in [1.29, 1.82) is 0 Å². The number of sulfonamides is 1. The maximum Gasteiger partial charge on any atom is 0.240 e. The quantitative estimate of drug-likeness (QED) is 0.588. The van der Waals surface area contributed by atoms with E-state index in [0.717, 1.165) is 28.3 Å². The van der Waals surface area contributed by atoms with Gasteiger partial charge in [0.25, 0.3) is 0 Å². The average Bonchev–Trinajstić information content (AvgIpc) is 3.21. The van der Waals surface area contributed by atoms with E-state index in [0.29, 0.717) is 0 Å². The van der Waals surface area contributed by atoms with Crippen LogP contribution in [0.1, 0.15) is 12.0 Å². The second kappa shape index (κ2) is 9.05. The van der Waals surface area contributed by atoms with Gasteiger partial charge in [0.1, 0.15) is 5.82 Å². The average molecular weight is 420 g/mol. The molecule has 0 aliphatic carbocycles. The Morgan fingerprint density at radius 3 is 2.75 bits per heavy atom. The molecule has 0 spiro atoms. The summed E-state index contributed by atoms with van der Waals surface area (Å²) < 4.78 is 39.7. The smallest absolute Gasteiger partial charge is 0.240 e. The zero-order valence-electron chi connectivity index (χ0n) is 14.8. The summed E-state index contributed by atoms with van der Waals surface area (Å²) in [7, 11) is -3.86. The molecule has 0 saturated heterocycles. The summed E-state index contributed by atoms with van der Waals surface area (Å²) in [6.45, 7) is 0.200. The van der Waals surface area contributed by atoms with Crippen molar-refractivity contribution in [2.45, 2.75) is 17.9 Å². The zero-order valence-corrected chi connectivity index (χ0v) is 16.4. The lowest BCUT2D eigenvalue weighted by Gasteiger charge is -2.10. The van der Waals surface area contributed by atoms with Crippen molar-refractivity contribution in [2.24, 2.45) is 0 Å². The van der Waals surface area contributed by atoms with Crippen LogP contribution >= 0.6 is 11.3 Å². The Kier molecular flexibility index (Phi) is 6.50. The molecule has 0 saturated carbocycles. The van der Waals surface area contributed by atoms with Gasteiger partial charge in [-0.05, 0) is 41.3 Å². The van der Waals surface area contributed by atoms with Crippen LogP contribution in [0, 0.1) is 5.82 Å². The van der Waals surface area contributed by atoms with Crippen LogP contribution in [-0.2, 0) is 21.4 Å². The molecule has 146 valence electrons. The van der Waals surface area contributed by atoms with Gasteiger partial charge in [0.05, 0.1) is 15.5 Å². The van der Waals surface area contributed by atoms with Gasteiger partial charge in [-0.15, -0.1) is 11.3 Å². The van der Waals surface area contributed by atoms with Crippen molar-refractivity contribution in [1.82, 2.24) is 15.0 Å². The third-order valence-corrected chi connectivity index (χ3v) is 6.21. The van der Waals surface area contributed by atoms with E-state index in [9.17, 15) is 17.6 Å². The maximum atomic E-state index is 13.2. The van der Waals surface area contributed by atoms with E-state index in [1.807, 2.05) is 23.6 Å². The fraction of sp³-hybridized carbons (Fsp3) is 0.158. The molecule has 28 heavy (non-hydrogen) atoms. The minimum atomic E-state index is -3.86. The van der Waals surface area contributed by atoms with Gasteiger partial charge in [-0.3, -0.25) is 9.78 Å². The second-order valence-electron chi connectivity index (χ2n) is 5.87. The minimum absolute atomic E-state index is 0.0385. The highest BCUT2D eigenvalue weighted by Gasteiger charge is 2.15. The van der Waals surface area contributed by atoms with Crippen LogP contribution in [0.4, 0.5) is 4.39 Å². The highest BCUT2D eigenvalue weighted by molar-refractivity contribution is 7.89. The number of pyridine rings is 1. The van der Waals surface area contributed by atoms with Crippen LogP contribution in [-0.4, -0.2) is 25.9 Å². The molecule has 1 aromatic carbocycles. The highest BCUT2D eigenvalue weighted by Crippen LogP contribution is 2.25. The van der Waals surface area contributed by atoms with Gasteiger partial charge in [0.15, 0.2) is 0 Å². The number of rotatable bonds is 8. The van der Waals surface area contributed by atoms with Crippen LogP contribution in [0.25, 0.3) is 10.6 Å². The summed E-state index contributed by atoms with van der Waals surface area (Å²) in [4.78, 5) is 17.3. The number of thiophene rings is 1. The summed E-state index contributed by atoms with van der Waals surface area (Å²) in [5.41, 5.74) is 1.68. The molecular formula is C19H18FN3O3S2. The Balaban J connectivity index is 1.52. The van der Waals surface area contributed by atoms with Gasteiger partial charge in [0, 0.05) is 25.7 Å². The van der Waals surface area contributed by atoms with Gasteiger partial charge in [0.2, 0.25) is 15.9 Å². The van der Waals surface area contributed by atoms with E-state index in [1.54, 1.807) is 23.6 Å². The third kappa shape index (κ3) is 5.22. The molecule has 0 aliphatic heterocycles. The second-order valence-corrected chi connectivity index (χ2v) is 8.58. The fourth-order valence-electron chi connectivity index (χ4n) is 2.52. The molecule has 2 heterocycles. The summed E-state index contributed by atoms with van der Waals surface area (Å²) >= 11 is 1.56. The summed E-state index contributed by atoms with van der Waals surface area (Å²) in [6, 6.07) is 12.3. The number of hydrogen-bond acceptors (Lipinski definition) is 5. The molecule has 0 unspecified atom stereocenters. The number of carbonyl (C=O) groups is 1. The number of benzene rings is 1. The number of carbonyl (C=O) groups excluding carboxylic acids is 1. The Bertz CT molecular complexity index is 1050. The normalized spacial score (nSPS) is 11.3. The Morgan fingerprint density at radius 1 is 1.14 bits per heavy atom. The minimum Gasteiger partial charge on any atom is -0.352 e. The number of nitrogens with zero attached hydrogens (tertiary/aromatic N) is 1. The van der Waals surface area contributed by atoms with Crippen molar-refractivity contribution in [3.05, 3.63) is 71.5 Å². The molecule has 1 amide bonds. The molecule has 6 nitrogen and oxygen atoms in total. The van der Waals surface area contributed by atoms with Crippen LogP contribution in [0.5, 0.6) is 0 Å². The molecular weight excluding hydrogens is 401 g/mol. The predicted molar refractivity (Wildman–Crippen MR) is 106 cm³/mol. The first-order valence-corrected chi connectivity index (χ1v) is 10.8. The molecule has 0 fully saturated rings. The van der Waals surface area contributed by atoms with Gasteiger partial charge in [-0.2, -0.15) is 0 Å². The largest absolute Gasteiger partial charge is 0.352 e. The van der Waals surface area contributed by atoms with Gasteiger partial charge in [-0.25, -0.2) is 17.5 Å². The van der Waals surface area contributed by atoms with Gasteiger partial charge in [-0.1, -0.05) is 18.2 Å². The third-order valence-electron chi connectivity index (χ3n) is 3.87. The molecule has 3 rings (SSSR count). The monoisotopic (exact) mass is 419 g/mol. The predicted octanol–water partition coefficient (Wildman–Crippen LogP) is 2.93. The standard InChI is InChI=1S/C19H18FN3O3S2/c20-15-5-1-6-16(12-15)28(25,26)23-10-8-18(24)22-13-14-4-2-9-21-19(14)17-7-3-11-27-17/h1-7,9,11-12,23H,8,10,13H2,(H,22,24). The van der Waals surface area contributed by atoms with Crippen LogP contribution in [0.2, 0.25) is 0 Å². The Morgan fingerprint density at radius 2 is 2.00 bits per heavy atom. The van der Waals surface area contributed by atoms with Crippen LogP contribution in [0.15, 0.2) is 65.0 Å². The van der Waals surface area contributed by atoms with Crippen molar-refractivity contribution in [3.8, 4) is 10.6 Å². The van der Waals surface area contributed by atoms with Gasteiger partial charge >= 0.3 is 0 Å². The summed E-state index contributed by atoms with van der Waals surface area (Å²) in [5.74, 6) is -0.943. The molecule has 2 aromatic heterocycles. The Hall–Kier alpha value is -2.62. The zero-order chi connectivity index (χ0) is 20.0. The SMILES string of the molecule is O=C(CCNS(=O)(=O)c1cccc(F)c1)NCc1cccnc1-c1cccs1. The maximum absolute atomic E-state index is 13.2. The van der Waals surface area contributed by atoms with E-state index in [4.69, 9.17) is 0 Å². The first-order valence-electron chi connectivity index (χ1n) is 8.45. The molecule has 0 atom stereocenters. The lowest BCUT2D eigenvalue weighted by molar-refractivity contribution is -0.121. The lowest BCUT2D eigenvalue weighted by atomic mass is 10.1. The van der Waals surface area contributed by atoms with E-state index in [-0.39, 0.29) is 30.3 Å². The van der Waals surface area contributed by atoms with Crippen LogP contribution < -0.4 is 10.0 Å². The summed E-state index contributed by atoms with van der Waals surface area (Å²) in [5, 5.41) is 4.72. The van der Waals surface area contributed by atoms with Crippen molar-refractivity contribution < 1.29 is 17.6 Å². The number of aromatic nitrogens is 1. The lowest BCUT2D eigenvalue weighted by Crippen LogP contribution is -2.30. The molecule has 0 aliphatic rings. The van der Waals surface area contributed by atoms with E-state index < -0.39 is 15.8 Å². The topological polar surface area (TPSA) is 88.2 Å². The van der Waals surface area contributed by atoms with Crippen molar-refractivity contribution >= 4 is 27.3 Å². The molecule has 3 aromatic rings. The van der Waals surface area contributed by atoms with Crippen LogP contribution in [0.3, 0.4) is 0 Å². The Labute approximate surface area is 166 Å². The van der Waals surface area contributed by atoms with E-state index in [1.165, 1.54) is 12.1 Å². The first kappa shape index (κ1) is 20.1. The fourth-order valence-corrected chi connectivity index (χ4v) is 4.33. The van der Waals surface area contributed by atoms with Gasteiger partial charge < -0.3 is 5.32 Å². The molecule has 9 heteroatoms. The number of halogens is 1. The van der Waals surface area contributed by atoms with Crippen molar-refractivity contribution in [3.63, 3.8) is 0 Å². The molecule has 2 N–H and O–H groups in total. The number of amides is 1. The van der Waals surface area contributed by atoms with E-state index in [2.05, 4.69) is 15.0 Å². The van der Waals surface area contributed by atoms with Crippen molar-refractivity contribution in [2.75, 3.05) is 6.54 Å². The molecule has 0 radical (unpaired) electrons. The first-order chi connectivity index (χ1) is 13.5.